The molecule has 2 unspecified atom stereocenters. The summed E-state index contributed by atoms with van der Waals surface area (Å²) in [5, 5.41) is 2.96. The zero-order valence-corrected chi connectivity index (χ0v) is 15.7. The molecule has 142 valence electrons. The monoisotopic (exact) mass is 368 g/mol. The lowest BCUT2D eigenvalue weighted by Gasteiger charge is -2.27. The van der Waals surface area contributed by atoms with Crippen LogP contribution in [0.25, 0.3) is 0 Å². The quantitative estimate of drug-likeness (QED) is 0.750. The lowest BCUT2D eigenvalue weighted by molar-refractivity contribution is -0.125. The van der Waals surface area contributed by atoms with Crippen molar-refractivity contribution in [2.24, 2.45) is 0 Å². The number of carbonyl (C=O) groups is 2. The molecule has 2 amide bonds. The maximum atomic E-state index is 13.2. The first-order chi connectivity index (χ1) is 13.0. The van der Waals surface area contributed by atoms with Crippen LogP contribution in [0.1, 0.15) is 60.1 Å². The Morgan fingerprint density at radius 1 is 1.19 bits per heavy atom. The van der Waals surface area contributed by atoms with E-state index >= 15 is 0 Å². The third kappa shape index (κ3) is 4.02. The van der Waals surface area contributed by atoms with Crippen molar-refractivity contribution in [2.75, 3.05) is 13.1 Å². The standard InChI is InChI=1S/C22H25FN2O2/c1-3-4-13-24-21(26)20-18-7-5-6-8-19(18)22(27)25(20)14-15(2)16-9-11-17(23)12-10-16/h5-12,15,20H,3-4,13-14H2,1-2H3,(H,24,26). The Kier molecular flexibility index (Phi) is 5.89. The fourth-order valence-electron chi connectivity index (χ4n) is 3.52. The van der Waals surface area contributed by atoms with Crippen LogP contribution in [-0.4, -0.2) is 29.8 Å². The summed E-state index contributed by atoms with van der Waals surface area (Å²) in [6.07, 6.45) is 1.89. The van der Waals surface area contributed by atoms with E-state index in [4.69, 9.17) is 0 Å². The molecule has 0 saturated carbocycles. The zero-order chi connectivity index (χ0) is 19.4. The molecule has 0 aromatic heterocycles. The molecule has 27 heavy (non-hydrogen) atoms. The van der Waals surface area contributed by atoms with Crippen LogP contribution in [-0.2, 0) is 4.79 Å². The number of halogens is 1. The summed E-state index contributed by atoms with van der Waals surface area (Å²) in [5.74, 6) is -0.582. The third-order valence-corrected chi connectivity index (χ3v) is 5.05. The highest BCUT2D eigenvalue weighted by Gasteiger charge is 2.41. The average Bonchev–Trinajstić information content (AvgIpc) is 2.95. The highest BCUT2D eigenvalue weighted by Crippen LogP contribution is 2.35. The second-order valence-corrected chi connectivity index (χ2v) is 7.04. The number of hydrogen-bond donors (Lipinski definition) is 1. The van der Waals surface area contributed by atoms with Crippen molar-refractivity contribution in [1.29, 1.82) is 0 Å². The summed E-state index contributed by atoms with van der Waals surface area (Å²) in [7, 11) is 0. The van der Waals surface area contributed by atoms with E-state index in [2.05, 4.69) is 12.2 Å². The van der Waals surface area contributed by atoms with Crippen LogP contribution in [0, 0.1) is 5.82 Å². The van der Waals surface area contributed by atoms with Crippen molar-refractivity contribution in [3.63, 3.8) is 0 Å². The van der Waals surface area contributed by atoms with Gasteiger partial charge in [-0.3, -0.25) is 9.59 Å². The number of unbranched alkanes of at least 4 members (excludes halogenated alkanes) is 1. The summed E-state index contributed by atoms with van der Waals surface area (Å²) in [4.78, 5) is 27.4. The van der Waals surface area contributed by atoms with Crippen LogP contribution >= 0.6 is 0 Å². The Labute approximate surface area is 159 Å². The molecule has 0 fully saturated rings. The molecule has 0 bridgehead atoms. The van der Waals surface area contributed by atoms with Gasteiger partial charge in [0.15, 0.2) is 0 Å². The number of nitrogens with one attached hydrogen (secondary N) is 1. The molecule has 0 radical (unpaired) electrons. The van der Waals surface area contributed by atoms with E-state index in [-0.39, 0.29) is 23.5 Å². The van der Waals surface area contributed by atoms with Crippen LogP contribution in [0.4, 0.5) is 4.39 Å². The molecule has 2 atom stereocenters. The zero-order valence-electron chi connectivity index (χ0n) is 15.7. The number of hydrogen-bond acceptors (Lipinski definition) is 2. The summed E-state index contributed by atoms with van der Waals surface area (Å²) in [5.41, 5.74) is 2.27. The lowest BCUT2D eigenvalue weighted by atomic mass is 9.99. The first-order valence-corrected chi connectivity index (χ1v) is 9.46. The first kappa shape index (κ1) is 19.1. The fraction of sp³-hybridized carbons (Fsp3) is 0.364. The normalized spacial score (nSPS) is 16.9. The van der Waals surface area contributed by atoms with Gasteiger partial charge in [0.25, 0.3) is 5.91 Å². The number of amides is 2. The van der Waals surface area contributed by atoms with E-state index in [0.29, 0.717) is 18.7 Å². The van der Waals surface area contributed by atoms with E-state index < -0.39 is 6.04 Å². The van der Waals surface area contributed by atoms with Gasteiger partial charge in [-0.05, 0) is 41.7 Å². The van der Waals surface area contributed by atoms with Gasteiger partial charge in [0.05, 0.1) is 0 Å². The molecule has 0 saturated heterocycles. The molecule has 5 heteroatoms. The Balaban J connectivity index is 1.84. The van der Waals surface area contributed by atoms with Gasteiger partial charge >= 0.3 is 0 Å². The molecule has 1 heterocycles. The summed E-state index contributed by atoms with van der Waals surface area (Å²) < 4.78 is 13.2. The molecule has 2 aromatic carbocycles. The minimum atomic E-state index is -0.617. The minimum Gasteiger partial charge on any atom is -0.354 e. The summed E-state index contributed by atoms with van der Waals surface area (Å²) in [6.45, 7) is 5.04. The predicted octanol–water partition coefficient (Wildman–Crippen LogP) is 4.04. The molecule has 0 spiro atoms. The van der Waals surface area contributed by atoms with Crippen molar-refractivity contribution >= 4 is 11.8 Å². The number of benzene rings is 2. The van der Waals surface area contributed by atoms with Crippen LogP contribution < -0.4 is 5.32 Å². The van der Waals surface area contributed by atoms with E-state index in [9.17, 15) is 14.0 Å². The second kappa shape index (κ2) is 8.33. The van der Waals surface area contributed by atoms with Gasteiger partial charge in [0.1, 0.15) is 11.9 Å². The molecule has 0 aliphatic carbocycles. The van der Waals surface area contributed by atoms with E-state index in [1.165, 1.54) is 12.1 Å². The molecular formula is C22H25FN2O2. The SMILES string of the molecule is CCCCNC(=O)C1c2ccccc2C(=O)N1CC(C)c1ccc(F)cc1. The molecule has 1 aliphatic rings. The van der Waals surface area contributed by atoms with Crippen molar-refractivity contribution in [2.45, 2.75) is 38.6 Å². The third-order valence-electron chi connectivity index (χ3n) is 5.05. The molecule has 3 rings (SSSR count). The van der Waals surface area contributed by atoms with Gasteiger partial charge in [0.2, 0.25) is 5.91 Å². The largest absolute Gasteiger partial charge is 0.354 e. The maximum absolute atomic E-state index is 13.2. The van der Waals surface area contributed by atoms with Crippen molar-refractivity contribution in [1.82, 2.24) is 10.2 Å². The van der Waals surface area contributed by atoms with Crippen LogP contribution in [0.5, 0.6) is 0 Å². The number of rotatable bonds is 7. The maximum Gasteiger partial charge on any atom is 0.255 e. The van der Waals surface area contributed by atoms with Crippen LogP contribution in [0.3, 0.4) is 0 Å². The van der Waals surface area contributed by atoms with Gasteiger partial charge < -0.3 is 10.2 Å². The molecule has 1 aliphatic heterocycles. The van der Waals surface area contributed by atoms with Crippen molar-refractivity contribution in [3.8, 4) is 0 Å². The Hall–Kier alpha value is -2.69. The molecule has 2 aromatic rings. The van der Waals surface area contributed by atoms with Gasteiger partial charge in [0, 0.05) is 18.7 Å². The van der Waals surface area contributed by atoms with Crippen LogP contribution in [0.15, 0.2) is 48.5 Å². The van der Waals surface area contributed by atoms with Crippen LogP contribution in [0.2, 0.25) is 0 Å². The summed E-state index contributed by atoms with van der Waals surface area (Å²) >= 11 is 0. The Morgan fingerprint density at radius 2 is 1.89 bits per heavy atom. The molecular weight excluding hydrogens is 343 g/mol. The molecule has 1 N–H and O–H groups in total. The van der Waals surface area contributed by atoms with Gasteiger partial charge in [-0.15, -0.1) is 0 Å². The van der Waals surface area contributed by atoms with E-state index in [1.54, 1.807) is 23.1 Å². The van der Waals surface area contributed by atoms with Crippen molar-refractivity contribution in [3.05, 3.63) is 71.0 Å². The minimum absolute atomic E-state index is 0.0187. The predicted molar refractivity (Wildman–Crippen MR) is 103 cm³/mol. The topological polar surface area (TPSA) is 49.4 Å². The summed E-state index contributed by atoms with van der Waals surface area (Å²) in [6, 6.07) is 13.0. The fourth-order valence-corrected chi connectivity index (χ4v) is 3.52. The van der Waals surface area contributed by atoms with Gasteiger partial charge in [-0.25, -0.2) is 4.39 Å². The number of nitrogens with zero attached hydrogens (tertiary/aromatic N) is 1. The van der Waals surface area contributed by atoms with Crippen molar-refractivity contribution < 1.29 is 14.0 Å². The number of fused-ring (bicyclic) bond motifs is 1. The smallest absolute Gasteiger partial charge is 0.255 e. The van der Waals surface area contributed by atoms with E-state index in [0.717, 1.165) is 24.0 Å². The lowest BCUT2D eigenvalue weighted by Crippen LogP contribution is -2.41. The second-order valence-electron chi connectivity index (χ2n) is 7.04. The number of carbonyl (C=O) groups excluding carboxylic acids is 2. The highest BCUT2D eigenvalue weighted by atomic mass is 19.1. The Morgan fingerprint density at radius 3 is 2.59 bits per heavy atom. The average molecular weight is 368 g/mol. The van der Waals surface area contributed by atoms with Gasteiger partial charge in [-0.1, -0.05) is 50.6 Å². The molecule has 4 nitrogen and oxygen atoms in total. The van der Waals surface area contributed by atoms with E-state index in [1.807, 2.05) is 25.1 Å². The Bertz CT molecular complexity index is 819. The first-order valence-electron chi connectivity index (χ1n) is 9.46. The highest BCUT2D eigenvalue weighted by molar-refractivity contribution is 6.04. The van der Waals surface area contributed by atoms with Gasteiger partial charge in [-0.2, -0.15) is 0 Å².